The molecule has 1 amide bonds. The Labute approximate surface area is 141 Å². The van der Waals surface area contributed by atoms with Crippen LogP contribution in [-0.4, -0.2) is 10.9 Å². The van der Waals surface area contributed by atoms with Crippen LogP contribution in [0.5, 0.6) is 0 Å². The Morgan fingerprint density at radius 1 is 1.12 bits per heavy atom. The van der Waals surface area contributed by atoms with Crippen LogP contribution in [0.15, 0.2) is 63.8 Å². The van der Waals surface area contributed by atoms with Gasteiger partial charge in [-0.3, -0.25) is 9.59 Å². The molecule has 0 bridgehead atoms. The normalized spacial score (nSPS) is 11.1. The molecule has 4 rings (SSSR count). The Bertz CT molecular complexity index is 1130. The van der Waals surface area contributed by atoms with Crippen LogP contribution in [0.2, 0.25) is 0 Å². The maximum Gasteiger partial charge on any atom is 0.287 e. The fourth-order valence-corrected chi connectivity index (χ4v) is 2.82. The number of nitrogens with one attached hydrogen (secondary N) is 2. The van der Waals surface area contributed by atoms with Crippen molar-refractivity contribution in [3.05, 3.63) is 82.1 Å². The van der Waals surface area contributed by atoms with Crippen LogP contribution in [0.3, 0.4) is 0 Å². The molecule has 0 unspecified atom stereocenters. The summed E-state index contributed by atoms with van der Waals surface area (Å²) in [4.78, 5) is 26.5. The number of carbonyl (C=O) groups excluding carboxylic acids is 1. The number of fused-ring (bicyclic) bond motifs is 2. The molecule has 2 N–H and O–H groups in total. The molecule has 124 valence electrons. The number of furan rings is 1. The zero-order valence-electron chi connectivity index (χ0n) is 13.0. The van der Waals surface area contributed by atoms with E-state index in [-0.39, 0.29) is 17.8 Å². The standard InChI is InChI=1S/C19H13FN2O3/c20-14-6-3-5-13-12(9-17(23)22-18(13)14)10-21-19(24)16-8-11-4-1-2-7-15(11)25-16/h1-9H,10H2,(H,21,24)(H,22,23). The maximum atomic E-state index is 13.9. The minimum atomic E-state index is -0.514. The number of H-pyrrole nitrogens is 1. The molecule has 0 atom stereocenters. The van der Waals surface area contributed by atoms with Gasteiger partial charge >= 0.3 is 0 Å². The SMILES string of the molecule is O=C(NCc1cc(=O)[nH]c2c(F)cccc12)c1cc2ccccc2o1. The van der Waals surface area contributed by atoms with Gasteiger partial charge in [-0.2, -0.15) is 0 Å². The molecule has 6 heteroatoms. The molecule has 25 heavy (non-hydrogen) atoms. The number of hydrogen-bond donors (Lipinski definition) is 2. The Morgan fingerprint density at radius 2 is 1.96 bits per heavy atom. The lowest BCUT2D eigenvalue weighted by molar-refractivity contribution is 0.0925. The second kappa shape index (κ2) is 5.90. The molecule has 0 aliphatic rings. The molecule has 2 heterocycles. The zero-order chi connectivity index (χ0) is 17.4. The Hall–Kier alpha value is -3.41. The van der Waals surface area contributed by atoms with E-state index in [0.29, 0.717) is 16.5 Å². The summed E-state index contributed by atoms with van der Waals surface area (Å²) < 4.78 is 19.4. The highest BCUT2D eigenvalue weighted by Gasteiger charge is 2.13. The first-order valence-corrected chi connectivity index (χ1v) is 7.69. The van der Waals surface area contributed by atoms with Crippen molar-refractivity contribution in [2.75, 3.05) is 0 Å². The largest absolute Gasteiger partial charge is 0.451 e. The molecule has 0 fully saturated rings. The summed E-state index contributed by atoms with van der Waals surface area (Å²) in [6, 6.07) is 14.8. The Balaban J connectivity index is 1.63. The first-order valence-electron chi connectivity index (χ1n) is 7.69. The summed E-state index contributed by atoms with van der Waals surface area (Å²) in [5.41, 5.74) is 0.854. The van der Waals surface area contributed by atoms with E-state index in [4.69, 9.17) is 4.42 Å². The van der Waals surface area contributed by atoms with Gasteiger partial charge in [0.05, 0.1) is 5.52 Å². The van der Waals surface area contributed by atoms with E-state index < -0.39 is 17.3 Å². The van der Waals surface area contributed by atoms with Crippen LogP contribution < -0.4 is 10.9 Å². The molecule has 0 saturated heterocycles. The van der Waals surface area contributed by atoms with Crippen LogP contribution in [0, 0.1) is 5.82 Å². The zero-order valence-corrected chi connectivity index (χ0v) is 13.0. The van der Waals surface area contributed by atoms with Gasteiger partial charge in [0, 0.05) is 23.4 Å². The van der Waals surface area contributed by atoms with E-state index in [2.05, 4.69) is 10.3 Å². The van der Waals surface area contributed by atoms with E-state index in [1.54, 1.807) is 24.3 Å². The predicted molar refractivity (Wildman–Crippen MR) is 91.9 cm³/mol. The summed E-state index contributed by atoms with van der Waals surface area (Å²) >= 11 is 0. The van der Waals surface area contributed by atoms with Gasteiger partial charge in [-0.1, -0.05) is 30.3 Å². The van der Waals surface area contributed by atoms with E-state index in [1.807, 2.05) is 18.2 Å². The van der Waals surface area contributed by atoms with Crippen molar-refractivity contribution in [2.24, 2.45) is 0 Å². The Morgan fingerprint density at radius 3 is 2.80 bits per heavy atom. The van der Waals surface area contributed by atoms with Gasteiger partial charge in [0.25, 0.3) is 5.91 Å². The predicted octanol–water partition coefficient (Wildman–Crippen LogP) is 3.34. The molecular formula is C19H13FN2O3. The number of halogens is 1. The molecule has 0 saturated carbocycles. The number of rotatable bonds is 3. The number of pyridine rings is 1. The smallest absolute Gasteiger partial charge is 0.287 e. The highest BCUT2D eigenvalue weighted by molar-refractivity contribution is 5.96. The minimum Gasteiger partial charge on any atom is -0.451 e. The topological polar surface area (TPSA) is 75.1 Å². The summed E-state index contributed by atoms with van der Waals surface area (Å²) in [5, 5.41) is 4.08. The first kappa shape index (κ1) is 15.1. The number of hydrogen-bond acceptors (Lipinski definition) is 3. The van der Waals surface area contributed by atoms with Crippen LogP contribution in [0.25, 0.3) is 21.9 Å². The fourth-order valence-electron chi connectivity index (χ4n) is 2.82. The van der Waals surface area contributed by atoms with Crippen molar-refractivity contribution in [3.63, 3.8) is 0 Å². The summed E-state index contributed by atoms with van der Waals surface area (Å²) in [6.45, 7) is 0.0831. The average molecular weight is 336 g/mol. The summed E-state index contributed by atoms with van der Waals surface area (Å²) in [7, 11) is 0. The molecule has 0 spiro atoms. The molecule has 0 aliphatic carbocycles. The van der Waals surface area contributed by atoms with Gasteiger partial charge in [0.15, 0.2) is 5.76 Å². The van der Waals surface area contributed by atoms with Crippen molar-refractivity contribution in [1.82, 2.24) is 10.3 Å². The lowest BCUT2D eigenvalue weighted by Gasteiger charge is -2.07. The number of aromatic nitrogens is 1. The lowest BCUT2D eigenvalue weighted by Crippen LogP contribution is -2.23. The second-order valence-corrected chi connectivity index (χ2v) is 5.65. The van der Waals surface area contributed by atoms with Crippen molar-refractivity contribution in [1.29, 1.82) is 0 Å². The molecule has 2 aromatic heterocycles. The van der Waals surface area contributed by atoms with Crippen LogP contribution >= 0.6 is 0 Å². The van der Waals surface area contributed by atoms with E-state index in [1.165, 1.54) is 12.1 Å². The van der Waals surface area contributed by atoms with E-state index in [9.17, 15) is 14.0 Å². The van der Waals surface area contributed by atoms with Crippen molar-refractivity contribution >= 4 is 27.8 Å². The van der Waals surface area contributed by atoms with Crippen LogP contribution in [0.1, 0.15) is 16.1 Å². The van der Waals surface area contributed by atoms with Gasteiger partial charge < -0.3 is 14.7 Å². The van der Waals surface area contributed by atoms with Gasteiger partial charge in [0.1, 0.15) is 11.4 Å². The number of benzene rings is 2. The number of para-hydroxylation sites is 2. The van der Waals surface area contributed by atoms with Crippen LogP contribution in [-0.2, 0) is 6.54 Å². The summed E-state index contributed by atoms with van der Waals surface area (Å²) in [6.07, 6.45) is 0. The Kier molecular flexibility index (Phi) is 3.57. The third kappa shape index (κ3) is 2.78. The maximum absolute atomic E-state index is 13.9. The van der Waals surface area contributed by atoms with Crippen LogP contribution in [0.4, 0.5) is 4.39 Å². The molecule has 4 aromatic rings. The van der Waals surface area contributed by atoms with Gasteiger partial charge in [0.2, 0.25) is 5.56 Å². The minimum absolute atomic E-state index is 0.0831. The molecule has 5 nitrogen and oxygen atoms in total. The number of aromatic amines is 1. The van der Waals surface area contributed by atoms with Crippen molar-refractivity contribution in [3.8, 4) is 0 Å². The van der Waals surface area contributed by atoms with Crippen molar-refractivity contribution < 1.29 is 13.6 Å². The average Bonchev–Trinajstić information content (AvgIpc) is 3.04. The lowest BCUT2D eigenvalue weighted by atomic mass is 10.1. The van der Waals surface area contributed by atoms with Gasteiger partial charge in [-0.25, -0.2) is 4.39 Å². The van der Waals surface area contributed by atoms with E-state index >= 15 is 0 Å². The summed E-state index contributed by atoms with van der Waals surface area (Å²) in [5.74, 6) is -0.734. The van der Waals surface area contributed by atoms with Gasteiger partial charge in [-0.05, 0) is 23.8 Å². The number of carbonyl (C=O) groups is 1. The molecule has 2 aromatic carbocycles. The first-order chi connectivity index (χ1) is 12.1. The quantitative estimate of drug-likeness (QED) is 0.602. The highest BCUT2D eigenvalue weighted by atomic mass is 19.1. The fraction of sp³-hybridized carbons (Fsp3) is 0.0526. The van der Waals surface area contributed by atoms with E-state index in [0.717, 1.165) is 5.39 Å². The molecule has 0 radical (unpaired) electrons. The second-order valence-electron chi connectivity index (χ2n) is 5.65. The highest BCUT2D eigenvalue weighted by Crippen LogP contribution is 2.20. The number of amides is 1. The van der Waals surface area contributed by atoms with Gasteiger partial charge in [-0.15, -0.1) is 0 Å². The molecule has 0 aliphatic heterocycles. The van der Waals surface area contributed by atoms with Crippen molar-refractivity contribution in [2.45, 2.75) is 6.54 Å². The monoisotopic (exact) mass is 336 g/mol. The third-order valence-corrected chi connectivity index (χ3v) is 4.00. The third-order valence-electron chi connectivity index (χ3n) is 4.00. The molecular weight excluding hydrogens is 323 g/mol.